The summed E-state index contributed by atoms with van der Waals surface area (Å²) in [5, 5.41) is 0.987. The highest BCUT2D eigenvalue weighted by Gasteiger charge is 2.27. The summed E-state index contributed by atoms with van der Waals surface area (Å²) in [6.45, 7) is 2.92. The Labute approximate surface area is 168 Å². The van der Waals surface area contributed by atoms with Crippen molar-refractivity contribution in [3.05, 3.63) is 65.6 Å². The van der Waals surface area contributed by atoms with Gasteiger partial charge in [0.15, 0.2) is 0 Å². The van der Waals surface area contributed by atoms with Crippen molar-refractivity contribution in [2.24, 2.45) is 0 Å². The van der Waals surface area contributed by atoms with Crippen molar-refractivity contribution in [1.29, 1.82) is 0 Å². The van der Waals surface area contributed by atoms with Crippen LogP contribution in [0, 0.1) is 12.7 Å². The number of hydrogen-bond donors (Lipinski definition) is 2. The van der Waals surface area contributed by atoms with Crippen LogP contribution >= 0.6 is 0 Å². The average Bonchev–Trinajstić information content (AvgIpc) is 3.11. The van der Waals surface area contributed by atoms with Gasteiger partial charge in [0.1, 0.15) is 11.5 Å². The van der Waals surface area contributed by atoms with Gasteiger partial charge in [-0.2, -0.15) is 0 Å². The average molecular weight is 415 g/mol. The van der Waals surface area contributed by atoms with Gasteiger partial charge in [0.25, 0.3) is 5.91 Å². The summed E-state index contributed by atoms with van der Waals surface area (Å²) in [7, 11) is -3.71. The third kappa shape index (κ3) is 4.18. The number of aryl methyl sites for hydroxylation is 1. The fourth-order valence-electron chi connectivity index (χ4n) is 3.63. The van der Waals surface area contributed by atoms with Crippen LogP contribution in [0.4, 0.5) is 4.39 Å². The van der Waals surface area contributed by atoms with E-state index in [-0.39, 0.29) is 16.8 Å². The fourth-order valence-corrected chi connectivity index (χ4v) is 4.93. The number of likely N-dealkylation sites (tertiary alicyclic amines) is 1. The molecule has 1 saturated heterocycles. The molecule has 0 radical (unpaired) electrons. The van der Waals surface area contributed by atoms with Gasteiger partial charge in [-0.05, 0) is 61.7 Å². The van der Waals surface area contributed by atoms with Crippen molar-refractivity contribution in [3.8, 4) is 0 Å². The molecular weight excluding hydrogens is 393 g/mol. The van der Waals surface area contributed by atoms with E-state index in [2.05, 4.69) is 9.71 Å². The summed E-state index contributed by atoms with van der Waals surface area (Å²) in [5.41, 5.74) is 2.58. The lowest BCUT2D eigenvalue weighted by molar-refractivity contribution is 0.0706. The minimum atomic E-state index is -3.71. The molecule has 0 bridgehead atoms. The molecule has 1 amide bonds. The molecule has 3 aromatic rings. The normalized spacial score (nSPS) is 15.7. The number of nitrogens with zero attached hydrogens (tertiary/aromatic N) is 1. The Morgan fingerprint density at radius 3 is 2.48 bits per heavy atom. The summed E-state index contributed by atoms with van der Waals surface area (Å²) in [4.78, 5) is 17.8. The summed E-state index contributed by atoms with van der Waals surface area (Å²) >= 11 is 0. The highest BCUT2D eigenvalue weighted by molar-refractivity contribution is 7.89. The Bertz CT molecular complexity index is 1150. The molecule has 6 nitrogen and oxygen atoms in total. The van der Waals surface area contributed by atoms with Crippen LogP contribution in [0.15, 0.2) is 53.4 Å². The van der Waals surface area contributed by atoms with Crippen LogP contribution in [0.1, 0.15) is 28.9 Å². The molecule has 4 rings (SSSR count). The molecule has 0 spiro atoms. The van der Waals surface area contributed by atoms with Crippen molar-refractivity contribution in [2.75, 3.05) is 13.1 Å². The standard InChI is InChI=1S/C21H22FN3O3S/c1-14-2-3-15-13-20(23-19(15)12-14)21(26)25-10-8-17(9-11-25)24-29(27,28)18-6-4-16(22)5-7-18/h2-7,12-13,17,23-24H,8-11H2,1H3. The molecule has 1 aromatic heterocycles. The first-order valence-corrected chi connectivity index (χ1v) is 11.0. The number of sulfonamides is 1. The highest BCUT2D eigenvalue weighted by atomic mass is 32.2. The van der Waals surface area contributed by atoms with Gasteiger partial charge in [-0.3, -0.25) is 4.79 Å². The van der Waals surface area contributed by atoms with E-state index >= 15 is 0 Å². The Kier molecular flexibility index (Phi) is 5.14. The maximum Gasteiger partial charge on any atom is 0.270 e. The number of piperidine rings is 1. The molecule has 2 N–H and O–H groups in total. The van der Waals surface area contributed by atoms with E-state index in [0.717, 1.165) is 28.6 Å². The maximum atomic E-state index is 13.0. The van der Waals surface area contributed by atoms with Gasteiger partial charge in [-0.15, -0.1) is 0 Å². The SMILES string of the molecule is Cc1ccc2cc(C(=O)N3CCC(NS(=O)(=O)c4ccc(F)cc4)CC3)[nH]c2c1. The van der Waals surface area contributed by atoms with Crippen LogP contribution in [0.3, 0.4) is 0 Å². The third-order valence-electron chi connectivity index (χ3n) is 5.24. The Hall–Kier alpha value is -2.71. The van der Waals surface area contributed by atoms with Crippen LogP contribution in [0.25, 0.3) is 10.9 Å². The Morgan fingerprint density at radius 1 is 1.10 bits per heavy atom. The van der Waals surface area contributed by atoms with E-state index < -0.39 is 15.8 Å². The minimum absolute atomic E-state index is 0.0331. The molecule has 2 heterocycles. The number of fused-ring (bicyclic) bond motifs is 1. The van der Waals surface area contributed by atoms with Crippen molar-refractivity contribution >= 4 is 26.8 Å². The van der Waals surface area contributed by atoms with Crippen molar-refractivity contribution in [3.63, 3.8) is 0 Å². The number of H-pyrrole nitrogens is 1. The smallest absolute Gasteiger partial charge is 0.270 e. The van der Waals surface area contributed by atoms with Crippen LogP contribution in [0.2, 0.25) is 0 Å². The Balaban J connectivity index is 1.39. The van der Waals surface area contributed by atoms with Crippen LogP contribution in [-0.4, -0.2) is 43.3 Å². The number of hydrogen-bond acceptors (Lipinski definition) is 3. The number of carbonyl (C=O) groups excluding carboxylic acids is 1. The van der Waals surface area contributed by atoms with E-state index in [1.807, 2.05) is 31.2 Å². The van der Waals surface area contributed by atoms with Gasteiger partial charge in [-0.1, -0.05) is 12.1 Å². The quantitative estimate of drug-likeness (QED) is 0.687. The molecule has 0 saturated carbocycles. The number of benzene rings is 2. The van der Waals surface area contributed by atoms with E-state index in [1.165, 1.54) is 12.1 Å². The zero-order valence-corrected chi connectivity index (χ0v) is 16.8. The van der Waals surface area contributed by atoms with E-state index in [4.69, 9.17) is 0 Å². The van der Waals surface area contributed by atoms with Gasteiger partial charge in [0, 0.05) is 30.0 Å². The fraction of sp³-hybridized carbons (Fsp3) is 0.286. The molecule has 8 heteroatoms. The summed E-state index contributed by atoms with van der Waals surface area (Å²) in [6, 6.07) is 12.3. The molecule has 29 heavy (non-hydrogen) atoms. The van der Waals surface area contributed by atoms with Crippen molar-refractivity contribution < 1.29 is 17.6 Å². The number of halogens is 1. The first-order chi connectivity index (χ1) is 13.8. The van der Waals surface area contributed by atoms with E-state index in [0.29, 0.717) is 31.6 Å². The first kappa shape index (κ1) is 19.6. The van der Waals surface area contributed by atoms with Gasteiger partial charge in [-0.25, -0.2) is 17.5 Å². The van der Waals surface area contributed by atoms with Gasteiger partial charge >= 0.3 is 0 Å². The summed E-state index contributed by atoms with van der Waals surface area (Å²) in [5.74, 6) is -0.568. The van der Waals surface area contributed by atoms with E-state index in [9.17, 15) is 17.6 Å². The van der Waals surface area contributed by atoms with Gasteiger partial charge in [0.05, 0.1) is 4.90 Å². The van der Waals surface area contributed by atoms with E-state index in [1.54, 1.807) is 4.90 Å². The summed E-state index contributed by atoms with van der Waals surface area (Å²) < 4.78 is 40.6. The zero-order chi connectivity index (χ0) is 20.6. The Morgan fingerprint density at radius 2 is 1.79 bits per heavy atom. The molecule has 2 aromatic carbocycles. The van der Waals surface area contributed by atoms with Crippen LogP contribution in [0.5, 0.6) is 0 Å². The number of amides is 1. The van der Waals surface area contributed by atoms with Crippen molar-refractivity contribution in [1.82, 2.24) is 14.6 Å². The molecule has 1 aliphatic heterocycles. The van der Waals surface area contributed by atoms with Crippen molar-refractivity contribution in [2.45, 2.75) is 30.7 Å². The number of aromatic nitrogens is 1. The second kappa shape index (κ2) is 7.61. The highest BCUT2D eigenvalue weighted by Crippen LogP contribution is 2.21. The number of rotatable bonds is 4. The second-order valence-electron chi connectivity index (χ2n) is 7.42. The molecular formula is C21H22FN3O3S. The monoisotopic (exact) mass is 415 g/mol. The number of aromatic amines is 1. The van der Waals surface area contributed by atoms with Gasteiger partial charge in [0.2, 0.25) is 10.0 Å². The zero-order valence-electron chi connectivity index (χ0n) is 16.0. The topological polar surface area (TPSA) is 82.3 Å². The molecule has 0 unspecified atom stereocenters. The number of nitrogens with one attached hydrogen (secondary N) is 2. The molecule has 0 atom stereocenters. The predicted octanol–water partition coefficient (Wildman–Crippen LogP) is 3.20. The largest absolute Gasteiger partial charge is 0.351 e. The lowest BCUT2D eigenvalue weighted by atomic mass is 10.1. The predicted molar refractivity (Wildman–Crippen MR) is 109 cm³/mol. The van der Waals surface area contributed by atoms with Gasteiger partial charge < -0.3 is 9.88 Å². The lowest BCUT2D eigenvalue weighted by Gasteiger charge is -2.32. The molecule has 152 valence electrons. The third-order valence-corrected chi connectivity index (χ3v) is 6.77. The minimum Gasteiger partial charge on any atom is -0.351 e. The van der Waals surface area contributed by atoms with Crippen LogP contribution in [-0.2, 0) is 10.0 Å². The molecule has 1 aliphatic rings. The molecule has 1 fully saturated rings. The van der Waals surface area contributed by atoms with Crippen LogP contribution < -0.4 is 4.72 Å². The second-order valence-corrected chi connectivity index (χ2v) is 9.13. The summed E-state index contributed by atoms with van der Waals surface area (Å²) in [6.07, 6.45) is 1.04. The number of carbonyl (C=O) groups is 1. The molecule has 0 aliphatic carbocycles. The maximum absolute atomic E-state index is 13.0. The lowest BCUT2D eigenvalue weighted by Crippen LogP contribution is -2.46. The first-order valence-electron chi connectivity index (χ1n) is 9.48.